The first-order chi connectivity index (χ1) is 8.63. The van der Waals surface area contributed by atoms with Crippen LogP contribution in [0.4, 0.5) is 0 Å². The zero-order chi connectivity index (χ0) is 14.8. The van der Waals surface area contributed by atoms with Gasteiger partial charge >= 0.3 is 0 Å². The third kappa shape index (κ3) is 3.68. The average molecular weight is 313 g/mol. The van der Waals surface area contributed by atoms with Gasteiger partial charge in [0.25, 0.3) is 10.1 Å². The molecule has 2 unspecified atom stereocenters. The van der Waals surface area contributed by atoms with Crippen LogP contribution in [0, 0.1) is 0 Å². The smallest absolute Gasteiger partial charge is 0.269 e. The summed E-state index contributed by atoms with van der Waals surface area (Å²) in [6.45, 7) is 5.31. The summed E-state index contributed by atoms with van der Waals surface area (Å²) in [5.74, 6) is 0. The predicted molar refractivity (Wildman–Crippen MR) is 73.8 cm³/mol. The standard InChI is InChI=1S/C11H23NO5S2/c1-9(2)18(13,14)12-7-5-6-11(12)8-10(3)19(15,16)17-4/h9-11H,5-8H2,1-4H3. The van der Waals surface area contributed by atoms with Gasteiger partial charge in [0.05, 0.1) is 17.6 Å². The number of hydrogen-bond donors (Lipinski definition) is 0. The fourth-order valence-corrected chi connectivity index (χ4v) is 4.63. The SMILES string of the molecule is COS(=O)(=O)C(C)CC1CCCN1S(=O)(=O)C(C)C. The van der Waals surface area contributed by atoms with Gasteiger partial charge in [-0.25, -0.2) is 8.42 Å². The van der Waals surface area contributed by atoms with Gasteiger partial charge in [0.15, 0.2) is 0 Å². The van der Waals surface area contributed by atoms with E-state index in [9.17, 15) is 16.8 Å². The highest BCUT2D eigenvalue weighted by Crippen LogP contribution is 2.28. The highest BCUT2D eigenvalue weighted by molar-refractivity contribution is 7.89. The molecule has 2 atom stereocenters. The number of sulfonamides is 1. The van der Waals surface area contributed by atoms with Crippen molar-refractivity contribution in [2.24, 2.45) is 0 Å². The molecule has 0 bridgehead atoms. The molecule has 0 radical (unpaired) electrons. The molecule has 1 heterocycles. The van der Waals surface area contributed by atoms with Crippen molar-refractivity contribution in [1.29, 1.82) is 0 Å². The molecule has 0 aromatic rings. The molecular weight excluding hydrogens is 290 g/mol. The Kier molecular flexibility index (Phi) is 5.39. The molecule has 0 aromatic heterocycles. The van der Waals surface area contributed by atoms with Crippen molar-refractivity contribution >= 4 is 20.1 Å². The minimum atomic E-state index is -3.60. The van der Waals surface area contributed by atoms with Crippen LogP contribution in [0.2, 0.25) is 0 Å². The molecule has 0 aliphatic carbocycles. The lowest BCUT2D eigenvalue weighted by Crippen LogP contribution is -2.41. The van der Waals surface area contributed by atoms with Gasteiger partial charge in [0.1, 0.15) is 0 Å². The Morgan fingerprint density at radius 3 is 2.26 bits per heavy atom. The van der Waals surface area contributed by atoms with E-state index >= 15 is 0 Å². The van der Waals surface area contributed by atoms with Crippen molar-refractivity contribution in [2.75, 3.05) is 13.7 Å². The van der Waals surface area contributed by atoms with Gasteiger partial charge in [-0.1, -0.05) is 0 Å². The van der Waals surface area contributed by atoms with Crippen LogP contribution in [-0.4, -0.2) is 51.3 Å². The van der Waals surface area contributed by atoms with Gasteiger partial charge in [0.2, 0.25) is 10.0 Å². The van der Waals surface area contributed by atoms with E-state index in [1.165, 1.54) is 4.31 Å². The van der Waals surface area contributed by atoms with Crippen LogP contribution in [0.25, 0.3) is 0 Å². The molecule has 0 aromatic carbocycles. The molecule has 1 aliphatic heterocycles. The zero-order valence-corrected chi connectivity index (χ0v) is 13.5. The minimum absolute atomic E-state index is 0.243. The summed E-state index contributed by atoms with van der Waals surface area (Å²) in [5, 5.41) is -1.19. The van der Waals surface area contributed by atoms with Crippen LogP contribution >= 0.6 is 0 Å². The van der Waals surface area contributed by atoms with Gasteiger partial charge in [0, 0.05) is 12.6 Å². The fourth-order valence-electron chi connectivity index (χ4n) is 2.32. The number of nitrogens with zero attached hydrogens (tertiary/aromatic N) is 1. The first-order valence-corrected chi connectivity index (χ1v) is 9.40. The molecule has 114 valence electrons. The van der Waals surface area contributed by atoms with Gasteiger partial charge in [-0.05, 0) is 40.0 Å². The van der Waals surface area contributed by atoms with Crippen molar-refractivity contribution in [3.05, 3.63) is 0 Å². The van der Waals surface area contributed by atoms with Crippen LogP contribution in [0.1, 0.15) is 40.0 Å². The van der Waals surface area contributed by atoms with E-state index in [1.54, 1.807) is 20.8 Å². The van der Waals surface area contributed by atoms with E-state index < -0.39 is 30.6 Å². The molecule has 1 fully saturated rings. The predicted octanol–water partition coefficient (Wildman–Crippen LogP) is 0.944. The number of hydrogen-bond acceptors (Lipinski definition) is 5. The van der Waals surface area contributed by atoms with Gasteiger partial charge in [-0.3, -0.25) is 4.18 Å². The first-order valence-electron chi connectivity index (χ1n) is 6.43. The molecule has 19 heavy (non-hydrogen) atoms. The normalized spacial score (nSPS) is 23.9. The van der Waals surface area contributed by atoms with Crippen LogP contribution in [0.15, 0.2) is 0 Å². The van der Waals surface area contributed by atoms with E-state index in [-0.39, 0.29) is 12.5 Å². The van der Waals surface area contributed by atoms with Crippen LogP contribution < -0.4 is 0 Å². The molecule has 0 amide bonds. The first kappa shape index (κ1) is 16.9. The minimum Gasteiger partial charge on any atom is -0.273 e. The maximum atomic E-state index is 12.2. The van der Waals surface area contributed by atoms with E-state index in [0.717, 1.165) is 13.5 Å². The monoisotopic (exact) mass is 313 g/mol. The molecule has 0 spiro atoms. The quantitative estimate of drug-likeness (QED) is 0.682. The largest absolute Gasteiger partial charge is 0.273 e. The van der Waals surface area contributed by atoms with E-state index in [1.807, 2.05) is 0 Å². The summed E-state index contributed by atoms with van der Waals surface area (Å²) in [6, 6.07) is -0.243. The maximum Gasteiger partial charge on any atom is 0.269 e. The highest BCUT2D eigenvalue weighted by atomic mass is 32.2. The lowest BCUT2D eigenvalue weighted by molar-refractivity contribution is 0.346. The molecule has 0 N–H and O–H groups in total. The Bertz CT molecular complexity index is 497. The topological polar surface area (TPSA) is 80.8 Å². The zero-order valence-electron chi connectivity index (χ0n) is 11.9. The average Bonchev–Trinajstić information content (AvgIpc) is 2.77. The van der Waals surface area contributed by atoms with Crippen LogP contribution in [0.3, 0.4) is 0 Å². The molecule has 1 aliphatic rings. The Hall–Kier alpha value is -0.180. The van der Waals surface area contributed by atoms with E-state index in [4.69, 9.17) is 0 Å². The van der Waals surface area contributed by atoms with Crippen molar-refractivity contribution in [3.63, 3.8) is 0 Å². The Morgan fingerprint density at radius 1 is 1.21 bits per heavy atom. The summed E-state index contributed by atoms with van der Waals surface area (Å²) >= 11 is 0. The molecular formula is C11H23NO5S2. The summed E-state index contributed by atoms with van der Waals surface area (Å²) in [7, 11) is -5.79. The van der Waals surface area contributed by atoms with Gasteiger partial charge in [-0.15, -0.1) is 0 Å². The molecule has 8 heteroatoms. The third-order valence-electron chi connectivity index (χ3n) is 3.57. The second kappa shape index (κ2) is 6.07. The summed E-state index contributed by atoms with van der Waals surface area (Å²) in [6.07, 6.45) is 1.76. The molecule has 6 nitrogen and oxygen atoms in total. The maximum absolute atomic E-state index is 12.2. The van der Waals surface area contributed by atoms with E-state index in [2.05, 4.69) is 4.18 Å². The van der Waals surface area contributed by atoms with E-state index in [0.29, 0.717) is 13.0 Å². The van der Waals surface area contributed by atoms with Gasteiger partial charge in [-0.2, -0.15) is 12.7 Å². The van der Waals surface area contributed by atoms with Gasteiger partial charge < -0.3 is 0 Å². The Morgan fingerprint density at radius 2 is 1.79 bits per heavy atom. The third-order valence-corrected chi connectivity index (χ3v) is 7.54. The molecule has 1 saturated heterocycles. The van der Waals surface area contributed by atoms with Crippen molar-refractivity contribution < 1.29 is 21.0 Å². The Labute approximate surface area is 116 Å². The second-order valence-electron chi connectivity index (χ2n) is 5.21. The lowest BCUT2D eigenvalue weighted by atomic mass is 10.1. The Balaban J connectivity index is 2.85. The van der Waals surface area contributed by atoms with Crippen molar-refractivity contribution in [2.45, 2.75) is 56.6 Å². The lowest BCUT2D eigenvalue weighted by Gasteiger charge is -2.27. The van der Waals surface area contributed by atoms with Crippen molar-refractivity contribution in [3.8, 4) is 0 Å². The summed E-state index contributed by atoms with van der Waals surface area (Å²) in [4.78, 5) is 0. The summed E-state index contributed by atoms with van der Waals surface area (Å²) in [5.41, 5.74) is 0. The summed E-state index contributed by atoms with van der Waals surface area (Å²) < 4.78 is 53.5. The fraction of sp³-hybridized carbons (Fsp3) is 1.00. The van der Waals surface area contributed by atoms with Crippen LogP contribution in [-0.2, 0) is 24.3 Å². The highest BCUT2D eigenvalue weighted by Gasteiger charge is 2.38. The van der Waals surface area contributed by atoms with Crippen molar-refractivity contribution in [1.82, 2.24) is 4.31 Å². The number of rotatable bonds is 6. The van der Waals surface area contributed by atoms with Crippen LogP contribution in [0.5, 0.6) is 0 Å². The molecule has 0 saturated carbocycles. The molecule has 1 rings (SSSR count). The second-order valence-corrected chi connectivity index (χ2v) is 9.77.